The van der Waals surface area contributed by atoms with Crippen LogP contribution in [-0.2, 0) is 13.6 Å². The molecule has 0 amide bonds. The van der Waals surface area contributed by atoms with Crippen molar-refractivity contribution >= 4 is 11.8 Å². The molecule has 0 atom stereocenters. The van der Waals surface area contributed by atoms with E-state index in [-0.39, 0.29) is 0 Å². The third-order valence-electron chi connectivity index (χ3n) is 3.35. The molecule has 0 spiro atoms. The number of aryl methyl sites for hydroxylation is 2. The molecule has 1 fully saturated rings. The molecule has 3 rings (SSSR count). The quantitative estimate of drug-likeness (QED) is 0.910. The molecule has 1 saturated carbocycles. The molecule has 1 aliphatic carbocycles. The number of hydrogen-bond acceptors (Lipinski definition) is 4. The maximum Gasteiger partial charge on any atom is 0.195 e. The SMILES string of the molecule is Cc1cc(Sc2nncn2C)ccc1CNC1CC1. The molecule has 1 heterocycles. The standard InChI is InChI=1S/C14H18N4S/c1-10-7-13(19-14-17-16-9-18(14)2)6-3-11(10)8-15-12-4-5-12/h3,6-7,9,12,15H,4-5,8H2,1-2H3. The van der Waals surface area contributed by atoms with E-state index in [1.54, 1.807) is 18.1 Å². The second kappa shape index (κ2) is 5.35. The molecule has 4 nitrogen and oxygen atoms in total. The summed E-state index contributed by atoms with van der Waals surface area (Å²) in [5.41, 5.74) is 2.72. The first kappa shape index (κ1) is 12.7. The van der Waals surface area contributed by atoms with Crippen LogP contribution in [0.5, 0.6) is 0 Å². The van der Waals surface area contributed by atoms with Crippen LogP contribution in [0.3, 0.4) is 0 Å². The Morgan fingerprint density at radius 1 is 1.42 bits per heavy atom. The second-order valence-electron chi connectivity index (χ2n) is 5.07. The largest absolute Gasteiger partial charge is 0.311 e. The minimum Gasteiger partial charge on any atom is -0.311 e. The van der Waals surface area contributed by atoms with Crippen molar-refractivity contribution in [3.8, 4) is 0 Å². The maximum atomic E-state index is 4.09. The van der Waals surface area contributed by atoms with E-state index in [1.807, 2.05) is 11.6 Å². The summed E-state index contributed by atoms with van der Waals surface area (Å²) in [5.74, 6) is 0. The van der Waals surface area contributed by atoms with Crippen molar-refractivity contribution in [3.05, 3.63) is 35.7 Å². The molecule has 19 heavy (non-hydrogen) atoms. The second-order valence-corrected chi connectivity index (χ2v) is 6.11. The molecule has 100 valence electrons. The number of nitrogens with zero attached hydrogens (tertiary/aromatic N) is 3. The van der Waals surface area contributed by atoms with Crippen LogP contribution in [0.15, 0.2) is 34.6 Å². The molecule has 1 N–H and O–H groups in total. The van der Waals surface area contributed by atoms with Crippen molar-refractivity contribution in [2.45, 2.75) is 42.4 Å². The lowest BCUT2D eigenvalue weighted by atomic mass is 10.1. The van der Waals surface area contributed by atoms with Gasteiger partial charge in [0.25, 0.3) is 0 Å². The van der Waals surface area contributed by atoms with Crippen molar-refractivity contribution in [3.63, 3.8) is 0 Å². The minimum atomic E-state index is 0.757. The zero-order valence-electron chi connectivity index (χ0n) is 11.3. The number of nitrogens with one attached hydrogen (secondary N) is 1. The van der Waals surface area contributed by atoms with Gasteiger partial charge >= 0.3 is 0 Å². The highest BCUT2D eigenvalue weighted by Crippen LogP contribution is 2.27. The highest BCUT2D eigenvalue weighted by molar-refractivity contribution is 7.99. The van der Waals surface area contributed by atoms with Gasteiger partial charge in [-0.3, -0.25) is 0 Å². The fourth-order valence-corrected chi connectivity index (χ4v) is 2.80. The Kier molecular flexibility index (Phi) is 3.57. The maximum absolute atomic E-state index is 4.09. The van der Waals surface area contributed by atoms with Gasteiger partial charge in [-0.25, -0.2) is 0 Å². The van der Waals surface area contributed by atoms with E-state index in [1.165, 1.54) is 28.9 Å². The summed E-state index contributed by atoms with van der Waals surface area (Å²) >= 11 is 1.65. The van der Waals surface area contributed by atoms with Gasteiger partial charge in [0.05, 0.1) is 0 Å². The number of aromatic nitrogens is 3. The molecule has 0 aliphatic heterocycles. The van der Waals surface area contributed by atoms with Crippen LogP contribution >= 0.6 is 11.8 Å². The summed E-state index contributed by atoms with van der Waals surface area (Å²) in [6, 6.07) is 7.36. The lowest BCUT2D eigenvalue weighted by Crippen LogP contribution is -2.15. The predicted octanol–water partition coefficient (Wildman–Crippen LogP) is 2.53. The monoisotopic (exact) mass is 274 g/mol. The van der Waals surface area contributed by atoms with Gasteiger partial charge < -0.3 is 9.88 Å². The van der Waals surface area contributed by atoms with E-state index in [0.29, 0.717) is 0 Å². The number of hydrogen-bond donors (Lipinski definition) is 1. The van der Waals surface area contributed by atoms with Gasteiger partial charge in [-0.05, 0) is 54.8 Å². The van der Waals surface area contributed by atoms with Crippen LogP contribution in [0.25, 0.3) is 0 Å². The Balaban J connectivity index is 1.69. The Hall–Kier alpha value is -1.33. The average Bonchev–Trinajstić information content (AvgIpc) is 3.13. The van der Waals surface area contributed by atoms with Crippen LogP contribution in [0.2, 0.25) is 0 Å². The Bertz CT molecular complexity index is 575. The highest BCUT2D eigenvalue weighted by Gasteiger charge is 2.20. The van der Waals surface area contributed by atoms with Crippen molar-refractivity contribution in [2.24, 2.45) is 7.05 Å². The van der Waals surface area contributed by atoms with Crippen molar-refractivity contribution in [1.29, 1.82) is 0 Å². The van der Waals surface area contributed by atoms with Crippen molar-refractivity contribution in [1.82, 2.24) is 20.1 Å². The van der Waals surface area contributed by atoms with Crippen LogP contribution < -0.4 is 5.32 Å². The van der Waals surface area contributed by atoms with Gasteiger partial charge in [0.2, 0.25) is 0 Å². The lowest BCUT2D eigenvalue weighted by molar-refractivity contribution is 0.684. The summed E-state index contributed by atoms with van der Waals surface area (Å²) in [4.78, 5) is 1.21. The first-order chi connectivity index (χ1) is 9.22. The molecule has 0 saturated heterocycles. The minimum absolute atomic E-state index is 0.757. The summed E-state index contributed by atoms with van der Waals surface area (Å²) in [6.45, 7) is 3.15. The molecule has 1 aromatic carbocycles. The van der Waals surface area contributed by atoms with E-state index >= 15 is 0 Å². The lowest BCUT2D eigenvalue weighted by Gasteiger charge is -2.09. The molecule has 1 aromatic heterocycles. The van der Waals surface area contributed by atoms with Crippen LogP contribution in [0.4, 0.5) is 0 Å². The third kappa shape index (κ3) is 3.16. The van der Waals surface area contributed by atoms with Crippen LogP contribution in [-0.4, -0.2) is 20.8 Å². The predicted molar refractivity (Wildman–Crippen MR) is 76.2 cm³/mol. The summed E-state index contributed by atoms with van der Waals surface area (Å²) < 4.78 is 1.93. The molecule has 0 radical (unpaired) electrons. The average molecular weight is 274 g/mol. The fraction of sp³-hybridized carbons (Fsp3) is 0.429. The number of rotatable bonds is 5. The molecular formula is C14H18N4S. The van der Waals surface area contributed by atoms with Gasteiger partial charge in [-0.2, -0.15) is 0 Å². The third-order valence-corrected chi connectivity index (χ3v) is 4.39. The Morgan fingerprint density at radius 3 is 2.89 bits per heavy atom. The summed E-state index contributed by atoms with van der Waals surface area (Å²) in [6.07, 6.45) is 4.39. The normalized spacial score (nSPS) is 14.8. The van der Waals surface area contributed by atoms with Gasteiger partial charge in [-0.1, -0.05) is 6.07 Å². The van der Waals surface area contributed by atoms with E-state index in [0.717, 1.165) is 17.7 Å². The van der Waals surface area contributed by atoms with Crippen LogP contribution in [0.1, 0.15) is 24.0 Å². The van der Waals surface area contributed by atoms with Crippen molar-refractivity contribution in [2.75, 3.05) is 0 Å². The first-order valence-electron chi connectivity index (χ1n) is 6.57. The molecule has 5 heteroatoms. The zero-order valence-corrected chi connectivity index (χ0v) is 12.1. The molecule has 2 aromatic rings. The zero-order chi connectivity index (χ0) is 13.2. The van der Waals surface area contributed by atoms with Gasteiger partial charge in [0.15, 0.2) is 5.16 Å². The van der Waals surface area contributed by atoms with Gasteiger partial charge in [0.1, 0.15) is 6.33 Å². The van der Waals surface area contributed by atoms with E-state index < -0.39 is 0 Å². The van der Waals surface area contributed by atoms with E-state index in [9.17, 15) is 0 Å². The van der Waals surface area contributed by atoms with Crippen molar-refractivity contribution < 1.29 is 0 Å². The molecule has 0 unspecified atom stereocenters. The van der Waals surface area contributed by atoms with E-state index in [2.05, 4.69) is 40.6 Å². The molecular weight excluding hydrogens is 256 g/mol. The topological polar surface area (TPSA) is 42.7 Å². The summed E-state index contributed by atoms with van der Waals surface area (Å²) in [5, 5.41) is 12.5. The van der Waals surface area contributed by atoms with E-state index in [4.69, 9.17) is 0 Å². The smallest absolute Gasteiger partial charge is 0.195 e. The van der Waals surface area contributed by atoms with Gasteiger partial charge in [0, 0.05) is 24.5 Å². The first-order valence-corrected chi connectivity index (χ1v) is 7.39. The summed E-state index contributed by atoms with van der Waals surface area (Å²) in [7, 11) is 1.96. The fourth-order valence-electron chi connectivity index (χ4n) is 1.94. The molecule has 1 aliphatic rings. The molecule has 0 bridgehead atoms. The van der Waals surface area contributed by atoms with Gasteiger partial charge in [-0.15, -0.1) is 10.2 Å². The van der Waals surface area contributed by atoms with Crippen LogP contribution in [0, 0.1) is 6.92 Å². The Labute approximate surface area is 117 Å². The Morgan fingerprint density at radius 2 is 2.26 bits per heavy atom. The number of benzene rings is 1. The highest BCUT2D eigenvalue weighted by atomic mass is 32.2.